The van der Waals surface area contributed by atoms with Gasteiger partial charge in [0.1, 0.15) is 66.7 Å². The van der Waals surface area contributed by atoms with E-state index in [0.29, 0.717) is 53.4 Å². The molecule has 7 rings (SSSR count). The van der Waals surface area contributed by atoms with E-state index in [-0.39, 0.29) is 224 Å². The van der Waals surface area contributed by atoms with Crippen molar-refractivity contribution in [2.45, 2.75) is 177 Å². The number of rotatable bonds is 50. The number of H-pyrrole nitrogens is 2. The summed E-state index contributed by atoms with van der Waals surface area (Å²) in [5, 5.41) is 99.6. The Balaban J connectivity index is 1.07. The SMILES string of the molecule is CC(C)C[C@H](NC(=O)[C@@H](CCCCNC(=O)CCCCCNC(=O)CN1CCN(CC(=O)O)CCN(CC(=O)O)CCN(CC(=O)O)CC1)NC(=O)[C@H](Cc1ccc(O)cc1)NC(=O)[C@H](CO)NC(=O)[C@H](Cc1c[nH]c2ccccc12)NC(=O)[C@H](Cc1cnc[nH]1)NC(=O)[C@@H]1CCC(=O)N1)C(=O)N[C@@H](CCCNC(=N)N)C(=O)N1CCC[C@H]1C(=O)NCC(=O)O. The minimum absolute atomic E-state index is 0.0606. The summed E-state index contributed by atoms with van der Waals surface area (Å²) < 4.78 is 0. The number of amides is 12. The van der Waals surface area contributed by atoms with Crippen LogP contribution in [0, 0.1) is 11.3 Å². The van der Waals surface area contributed by atoms with Gasteiger partial charge in [0.15, 0.2) is 5.96 Å². The maximum absolute atomic E-state index is 15.2. The molecule has 2 aromatic carbocycles. The third kappa shape index (κ3) is 35.4. The molecule has 3 saturated heterocycles. The van der Waals surface area contributed by atoms with Gasteiger partial charge in [-0.15, -0.1) is 0 Å². The van der Waals surface area contributed by atoms with Crippen LogP contribution in [0.4, 0.5) is 0 Å². The summed E-state index contributed by atoms with van der Waals surface area (Å²) in [7, 11) is 0. The molecule has 0 spiro atoms. The van der Waals surface area contributed by atoms with Crippen molar-refractivity contribution < 1.29 is 107 Å². The largest absolute Gasteiger partial charge is 0.508 e. The minimum Gasteiger partial charge on any atom is -0.508 e. The highest BCUT2D eigenvalue weighted by atomic mass is 16.4. The van der Waals surface area contributed by atoms with Crippen LogP contribution < -0.4 is 69.5 Å². The van der Waals surface area contributed by atoms with Crippen molar-refractivity contribution in [2.24, 2.45) is 11.7 Å². The lowest BCUT2D eigenvalue weighted by atomic mass is 10.00. The number of phenolic OH excluding ortho intramolecular Hbond substituents is 1. The first-order valence-corrected chi connectivity index (χ1v) is 42.0. The third-order valence-electron chi connectivity index (χ3n) is 21.3. The van der Waals surface area contributed by atoms with Gasteiger partial charge in [0, 0.05) is 140 Å². The quantitative estimate of drug-likeness (QED) is 0.0112. The third-order valence-corrected chi connectivity index (χ3v) is 21.3. The number of carboxylic acids is 4. The lowest BCUT2D eigenvalue weighted by Gasteiger charge is -2.32. The molecule has 0 unspecified atom stereocenters. The second kappa shape index (κ2) is 51.6. The van der Waals surface area contributed by atoms with Crippen molar-refractivity contribution in [3.8, 4) is 5.75 Å². The van der Waals surface area contributed by atoms with Crippen molar-refractivity contribution in [3.05, 3.63) is 84.1 Å². The van der Waals surface area contributed by atoms with Gasteiger partial charge in [-0.25, -0.2) is 4.98 Å². The van der Waals surface area contributed by atoms with E-state index in [1.807, 2.05) is 0 Å². The van der Waals surface area contributed by atoms with Crippen LogP contribution >= 0.6 is 0 Å². The summed E-state index contributed by atoms with van der Waals surface area (Å²) in [6.45, 7) is 2.81. The first kappa shape index (κ1) is 99.7. The average molecular weight is 1750 g/mol. The Labute approximate surface area is 721 Å². The number of likely N-dealkylation sites (tertiary alicyclic amines) is 1. The smallest absolute Gasteiger partial charge is 0.322 e. The Hall–Kier alpha value is -12.4. The molecular weight excluding hydrogens is 1630 g/mol. The van der Waals surface area contributed by atoms with Gasteiger partial charge in [0.05, 0.1) is 39.1 Å². The topological polar surface area (TPSA) is 649 Å². The van der Waals surface area contributed by atoms with Crippen LogP contribution in [-0.2, 0) is 96.0 Å². The van der Waals surface area contributed by atoms with Gasteiger partial charge >= 0.3 is 23.9 Å². The molecule has 686 valence electrons. The zero-order chi connectivity index (χ0) is 91.1. The van der Waals surface area contributed by atoms with Crippen LogP contribution in [-0.4, -0.2) is 343 Å². The Bertz CT molecular complexity index is 4290. The number of guanidine groups is 1. The number of benzene rings is 2. The number of aliphatic hydroxyl groups excluding tert-OH is 1. The van der Waals surface area contributed by atoms with Crippen LogP contribution in [0.5, 0.6) is 5.75 Å². The molecular formula is C81H120N22O22. The number of carbonyl (C=O) groups excluding carboxylic acids is 12. The first-order chi connectivity index (χ1) is 59.7. The van der Waals surface area contributed by atoms with Crippen LogP contribution in [0.3, 0.4) is 0 Å². The maximum atomic E-state index is 15.2. The van der Waals surface area contributed by atoms with Gasteiger partial charge in [-0.2, -0.15) is 0 Å². The Kier molecular flexibility index (Phi) is 41.2. The van der Waals surface area contributed by atoms with Crippen molar-refractivity contribution in [3.63, 3.8) is 0 Å². The van der Waals surface area contributed by atoms with Gasteiger partial charge in [-0.3, -0.25) is 102 Å². The van der Waals surface area contributed by atoms with Crippen LogP contribution in [0.25, 0.3) is 10.9 Å². The summed E-state index contributed by atoms with van der Waals surface area (Å²) in [5.74, 6) is -14.5. The first-order valence-electron chi connectivity index (χ1n) is 42.0. The number of hydrogen-bond acceptors (Lipinski definition) is 24. The van der Waals surface area contributed by atoms with E-state index in [1.165, 1.54) is 41.7 Å². The number of para-hydroxylation sites is 1. The number of imidazole rings is 1. The molecule has 9 atom stereocenters. The van der Waals surface area contributed by atoms with Crippen LogP contribution in [0.2, 0.25) is 0 Å². The van der Waals surface area contributed by atoms with E-state index in [0.717, 1.165) is 0 Å². The number of nitrogens with one attached hydrogen (secondary N) is 15. The minimum atomic E-state index is -1.87. The van der Waals surface area contributed by atoms with Gasteiger partial charge in [-0.05, 0) is 106 Å². The molecule has 0 radical (unpaired) electrons. The van der Waals surface area contributed by atoms with Crippen molar-refractivity contribution in [2.75, 3.05) is 118 Å². The second-order valence-electron chi connectivity index (χ2n) is 31.7. The van der Waals surface area contributed by atoms with Crippen molar-refractivity contribution >= 4 is 112 Å². The van der Waals surface area contributed by atoms with Gasteiger partial charge in [0.25, 0.3) is 0 Å². The number of aromatic nitrogens is 3. The number of nitrogens with two attached hydrogens (primary N) is 1. The van der Waals surface area contributed by atoms with Crippen molar-refractivity contribution in [1.29, 1.82) is 5.41 Å². The highest BCUT2D eigenvalue weighted by Crippen LogP contribution is 2.23. The summed E-state index contributed by atoms with van der Waals surface area (Å²) >= 11 is 0. The molecule has 4 aromatic rings. The molecule has 3 aliphatic rings. The number of nitrogens with zero attached hydrogens (tertiary/aromatic N) is 6. The molecule has 2 aromatic heterocycles. The number of unbranched alkanes of at least 4 members (excludes halogenated alkanes) is 3. The molecule has 0 saturated carbocycles. The summed E-state index contributed by atoms with van der Waals surface area (Å²) in [4.78, 5) is 234. The number of carbonyl (C=O) groups is 16. The molecule has 0 bridgehead atoms. The fourth-order valence-corrected chi connectivity index (χ4v) is 14.7. The van der Waals surface area contributed by atoms with E-state index < -0.39 is 145 Å². The average Bonchev–Trinajstić information content (AvgIpc) is 1.68. The number of hydrogen-bond donors (Lipinski definition) is 22. The lowest BCUT2D eigenvalue weighted by Crippen LogP contribution is -2.61. The fraction of sp³-hybridized carbons (Fsp3) is 0.580. The molecule has 5 heterocycles. The van der Waals surface area contributed by atoms with Gasteiger partial charge in [0.2, 0.25) is 70.9 Å². The zero-order valence-electron chi connectivity index (χ0n) is 70.3. The number of carboxylic acid groups (broad SMARTS) is 4. The van der Waals surface area contributed by atoms with Crippen molar-refractivity contribution in [1.82, 2.24) is 103 Å². The number of fused-ring (bicyclic) bond motifs is 1. The summed E-state index contributed by atoms with van der Waals surface area (Å²) in [5.41, 5.74) is 7.48. The molecule has 23 N–H and O–H groups in total. The molecule has 3 aliphatic heterocycles. The van der Waals surface area contributed by atoms with E-state index in [4.69, 9.17) is 11.1 Å². The number of aromatic hydroxyl groups is 1. The van der Waals surface area contributed by atoms with E-state index in [2.05, 4.69) is 78.8 Å². The molecule has 3 fully saturated rings. The Morgan fingerprint density at radius 2 is 1.05 bits per heavy atom. The van der Waals surface area contributed by atoms with E-state index in [1.54, 1.807) is 63.9 Å². The van der Waals surface area contributed by atoms with Crippen LogP contribution in [0.1, 0.15) is 121 Å². The van der Waals surface area contributed by atoms with E-state index >= 15 is 9.59 Å². The Morgan fingerprint density at radius 1 is 0.528 bits per heavy atom. The zero-order valence-corrected chi connectivity index (χ0v) is 70.3. The molecule has 0 aliphatic carbocycles. The Morgan fingerprint density at radius 3 is 1.62 bits per heavy atom. The molecule has 12 amide bonds. The normalized spacial score (nSPS) is 17.2. The number of aliphatic carboxylic acids is 4. The van der Waals surface area contributed by atoms with E-state index in [9.17, 15) is 97.8 Å². The van der Waals surface area contributed by atoms with Crippen LogP contribution in [0.15, 0.2) is 67.3 Å². The second-order valence-corrected chi connectivity index (χ2v) is 31.7. The summed E-state index contributed by atoms with van der Waals surface area (Å²) in [6, 6.07) is -0.331. The van der Waals surface area contributed by atoms with Gasteiger partial charge < -0.3 is 115 Å². The molecule has 125 heavy (non-hydrogen) atoms. The fourth-order valence-electron chi connectivity index (χ4n) is 14.7. The number of aliphatic hydroxyl groups is 1. The molecule has 44 nitrogen and oxygen atoms in total. The molecule has 44 heteroatoms. The monoisotopic (exact) mass is 1750 g/mol. The maximum Gasteiger partial charge on any atom is 0.322 e. The lowest BCUT2D eigenvalue weighted by molar-refractivity contribution is -0.143. The standard InChI is InChI=1S/C81H120N22O22/c1-49(2)36-59(74(119)93-58(15-10-26-87-81(82)83)80(125)103-27-11-16-64(103)79(124)89-42-68(109)110)94-72(117)56(14-7-9-25-85-65(106)17-4-3-8-24-86-67(108)43-99-28-30-100(44-69(111)112)32-34-102(46-71(115)116)35-33-101(31-29-99)45-70(113)114)92-75(120)60(37-50-18-20-53(105)21-19-50)95-78(123)63(47-104)98-76(121)61(38-51-40-88-55-13-6-5-12-54(51)55)96-77(122)62(39-52-41-84-48-90-52)97-73(118)57-22-23-66(107)91-57/h5-6,12-13,18-21,40-41,48-49,56-64,88,104-105H,3-4,7-11,14-17,22-39,42-47H2,1-2H3,(H,84,90)(H,85,106)(H,86,108)(H,89,124)(H,91,107)(H,92,120)(H,93,119)(H,94,117)(H,95,123)(H,96,122)(H,97,118)(H,98,121)(H,109,110)(H,111,112)(H,113,114)(H,115,116)(H4,82,83,87)/t56-,57+,58+,59+,60+,61+,62+,63+,64+/m1/s1. The number of aromatic amines is 2. The highest BCUT2D eigenvalue weighted by Gasteiger charge is 2.41. The summed E-state index contributed by atoms with van der Waals surface area (Å²) in [6.07, 6.45) is 5.96. The number of phenols is 1. The van der Waals surface area contributed by atoms with Gasteiger partial charge in [-0.1, -0.05) is 50.6 Å². The predicted octanol–water partition coefficient (Wildman–Crippen LogP) is -4.77. The predicted molar refractivity (Wildman–Crippen MR) is 449 cm³/mol. The highest BCUT2D eigenvalue weighted by molar-refractivity contribution is 6.00.